The van der Waals surface area contributed by atoms with E-state index in [1.165, 1.54) is 17.4 Å². The molecule has 2 aromatic heterocycles. The van der Waals surface area contributed by atoms with Gasteiger partial charge in [-0.3, -0.25) is 9.59 Å². The van der Waals surface area contributed by atoms with Crippen LogP contribution in [-0.2, 0) is 0 Å². The lowest BCUT2D eigenvalue weighted by Crippen LogP contribution is -2.66. The first-order chi connectivity index (χ1) is 20.9. The number of hydrogen-bond acceptors (Lipinski definition) is 7. The molecule has 6 rings (SSSR count). The molecule has 3 unspecified atom stereocenters. The molecule has 3 atom stereocenters. The van der Waals surface area contributed by atoms with Crippen LogP contribution >= 0.6 is 0 Å². The van der Waals surface area contributed by atoms with E-state index in [1.807, 2.05) is 29.2 Å². The van der Waals surface area contributed by atoms with E-state index < -0.39 is 5.82 Å². The van der Waals surface area contributed by atoms with Crippen LogP contribution in [-0.4, -0.2) is 75.6 Å². The summed E-state index contributed by atoms with van der Waals surface area (Å²) >= 11 is 0. The van der Waals surface area contributed by atoms with E-state index in [9.17, 15) is 14.0 Å². The minimum absolute atomic E-state index is 0.00153. The quantitative estimate of drug-likeness (QED) is 0.344. The summed E-state index contributed by atoms with van der Waals surface area (Å²) in [6.07, 6.45) is 14.9. The number of nitrogen functional groups attached to an aromatic ring is 1. The molecule has 0 radical (unpaired) electrons. The molecule has 4 heterocycles. The van der Waals surface area contributed by atoms with E-state index in [1.54, 1.807) is 0 Å². The van der Waals surface area contributed by atoms with Crippen LogP contribution in [0, 0.1) is 5.82 Å². The van der Waals surface area contributed by atoms with Crippen LogP contribution in [0.15, 0.2) is 48.8 Å². The number of halogens is 1. The average Bonchev–Trinajstić information content (AvgIpc) is 3.36. The first kappa shape index (κ1) is 29.3. The van der Waals surface area contributed by atoms with Crippen molar-refractivity contribution in [2.75, 3.05) is 38.5 Å². The van der Waals surface area contributed by atoms with Crippen LogP contribution < -0.4 is 21.7 Å². The Morgan fingerprint density at radius 3 is 2.65 bits per heavy atom. The summed E-state index contributed by atoms with van der Waals surface area (Å²) in [5.74, 6) is -0.893. The number of carbonyl (C=O) groups is 2. The molecule has 2 amide bonds. The van der Waals surface area contributed by atoms with Gasteiger partial charge in [0.2, 0.25) is 0 Å². The highest BCUT2D eigenvalue weighted by molar-refractivity contribution is 6.04. The lowest BCUT2D eigenvalue weighted by molar-refractivity contribution is 0.0735. The Balaban J connectivity index is 1.34. The van der Waals surface area contributed by atoms with Gasteiger partial charge in [0, 0.05) is 43.2 Å². The van der Waals surface area contributed by atoms with E-state index in [-0.39, 0.29) is 46.3 Å². The molecule has 3 aliphatic rings. The van der Waals surface area contributed by atoms with Gasteiger partial charge in [0.05, 0.1) is 18.4 Å². The number of allylic oxidation sites excluding steroid dienone is 1. The number of hydrogen-bond donors (Lipinski definition) is 4. The lowest BCUT2D eigenvalue weighted by Gasteiger charge is -2.49. The molecule has 10 nitrogen and oxygen atoms in total. The van der Waals surface area contributed by atoms with Crippen LogP contribution in [0.2, 0.25) is 0 Å². The van der Waals surface area contributed by atoms with Gasteiger partial charge in [-0.05, 0) is 56.3 Å². The number of amides is 2. The topological polar surface area (TPSA) is 130 Å². The first-order valence-electron chi connectivity index (χ1n) is 15.6. The zero-order chi connectivity index (χ0) is 29.8. The number of piperidine rings is 1. The normalized spacial score (nSPS) is 25.8. The van der Waals surface area contributed by atoms with Gasteiger partial charge in [-0.15, -0.1) is 5.10 Å². The molecule has 2 aliphatic heterocycles. The molecule has 1 aromatic carbocycles. The zero-order valence-electron chi connectivity index (χ0n) is 24.5. The van der Waals surface area contributed by atoms with Crippen molar-refractivity contribution in [3.8, 4) is 0 Å². The number of benzene rings is 1. The molecule has 1 aliphatic carbocycles. The summed E-state index contributed by atoms with van der Waals surface area (Å²) in [6.45, 7) is 3.82. The molecule has 0 saturated carbocycles. The zero-order valence-corrected chi connectivity index (χ0v) is 24.5. The Kier molecular flexibility index (Phi) is 8.71. The molecule has 2 fully saturated rings. The molecule has 1 spiro atoms. The maximum Gasteiger partial charge on any atom is 0.259 e. The molecular weight excluding hydrogens is 547 g/mol. The molecule has 43 heavy (non-hydrogen) atoms. The third-order valence-electron chi connectivity index (χ3n) is 9.29. The van der Waals surface area contributed by atoms with Gasteiger partial charge in [0.15, 0.2) is 17.3 Å². The van der Waals surface area contributed by atoms with E-state index in [0.717, 1.165) is 76.1 Å². The monoisotopic (exact) mass is 588 g/mol. The number of nitrogens with one attached hydrogen (secondary N) is 3. The van der Waals surface area contributed by atoms with Crippen LogP contribution in [0.25, 0.3) is 5.65 Å². The van der Waals surface area contributed by atoms with Gasteiger partial charge in [0.1, 0.15) is 5.56 Å². The van der Waals surface area contributed by atoms with Gasteiger partial charge in [-0.1, -0.05) is 43.5 Å². The third kappa shape index (κ3) is 6.14. The summed E-state index contributed by atoms with van der Waals surface area (Å²) in [4.78, 5) is 33.2. The Morgan fingerprint density at radius 1 is 1.05 bits per heavy atom. The van der Waals surface area contributed by atoms with Gasteiger partial charge in [0.25, 0.3) is 11.8 Å². The number of nitrogens with two attached hydrogens (primary N) is 1. The predicted molar refractivity (Wildman–Crippen MR) is 163 cm³/mol. The fraction of sp³-hybridized carbons (Fsp3) is 0.500. The molecule has 5 N–H and O–H groups in total. The number of carbonyl (C=O) groups excluding carboxylic acids is 2. The molecule has 2 saturated heterocycles. The second-order valence-corrected chi connectivity index (χ2v) is 12.0. The van der Waals surface area contributed by atoms with Gasteiger partial charge >= 0.3 is 0 Å². The fourth-order valence-electron chi connectivity index (χ4n) is 7.03. The molecule has 11 heteroatoms. The van der Waals surface area contributed by atoms with Gasteiger partial charge in [-0.2, -0.15) is 0 Å². The predicted octanol–water partition coefficient (Wildman–Crippen LogP) is 3.41. The summed E-state index contributed by atoms with van der Waals surface area (Å²) in [5, 5.41) is 14.6. The van der Waals surface area contributed by atoms with Crippen molar-refractivity contribution in [3.05, 3.63) is 71.3 Å². The highest BCUT2D eigenvalue weighted by Gasteiger charge is 2.46. The number of aromatic nitrogens is 3. The van der Waals surface area contributed by atoms with Crippen LogP contribution in [0.3, 0.4) is 0 Å². The van der Waals surface area contributed by atoms with Gasteiger partial charge in [-0.25, -0.2) is 13.9 Å². The summed E-state index contributed by atoms with van der Waals surface area (Å²) < 4.78 is 15.1. The number of fused-ring (bicyclic) bond motifs is 1. The highest BCUT2D eigenvalue weighted by Crippen LogP contribution is 2.39. The van der Waals surface area contributed by atoms with E-state index in [4.69, 9.17) is 5.73 Å². The van der Waals surface area contributed by atoms with Crippen molar-refractivity contribution >= 4 is 23.3 Å². The minimum Gasteiger partial charge on any atom is -0.381 e. The molecular formula is C32H41FN8O2. The van der Waals surface area contributed by atoms with Crippen LogP contribution in [0.4, 0.5) is 10.2 Å². The molecule has 228 valence electrons. The Hall–Kier alpha value is -3.83. The lowest BCUT2D eigenvalue weighted by atomic mass is 9.69. The second-order valence-electron chi connectivity index (χ2n) is 12.0. The highest BCUT2D eigenvalue weighted by atomic mass is 19.1. The number of rotatable bonds is 4. The van der Waals surface area contributed by atoms with E-state index in [0.29, 0.717) is 18.7 Å². The van der Waals surface area contributed by atoms with Crippen molar-refractivity contribution in [1.29, 1.82) is 0 Å². The summed E-state index contributed by atoms with van der Waals surface area (Å²) in [7, 11) is 0. The van der Waals surface area contributed by atoms with Crippen molar-refractivity contribution in [2.24, 2.45) is 0 Å². The summed E-state index contributed by atoms with van der Waals surface area (Å²) in [6, 6.07) is 7.65. The minimum atomic E-state index is -0.565. The molecule has 3 aromatic rings. The largest absolute Gasteiger partial charge is 0.381 e. The Bertz CT molecular complexity index is 1480. The van der Waals surface area contributed by atoms with Crippen molar-refractivity contribution in [2.45, 2.75) is 68.9 Å². The molecule has 0 bridgehead atoms. The number of nitrogens with zero attached hydrogens (tertiary/aromatic N) is 4. The van der Waals surface area contributed by atoms with Crippen LogP contribution in [0.1, 0.15) is 83.6 Å². The second kappa shape index (κ2) is 12.8. The smallest absolute Gasteiger partial charge is 0.259 e. The summed E-state index contributed by atoms with van der Waals surface area (Å²) in [5.41, 5.74) is 7.93. The van der Waals surface area contributed by atoms with Crippen molar-refractivity contribution < 1.29 is 14.0 Å². The first-order valence-corrected chi connectivity index (χ1v) is 15.6. The SMILES string of the molecule is Nc1nn2cc(F)cnc2c1C(=O)NC1C(c2ccc(C(=O)N3CCNCC3)cc2)CCNC12C/C=C\CCCCCC2. The average molecular weight is 589 g/mol. The standard InChI is InChI=1S/C32H41FN8O2/c33-24-20-36-29-26(28(34)39-41(29)21-24)30(42)38-27-25(12-15-37-32(27)13-6-4-2-1-3-5-7-14-32)22-8-10-23(11-9-22)31(43)40-18-16-35-17-19-40/h4,6,8-11,20-21,25,27,35,37H,1-3,5,7,12-19H2,(H2,34,39)(H,38,42)/b6-4-. The van der Waals surface area contributed by atoms with E-state index in [2.05, 4.69) is 38.2 Å². The third-order valence-corrected chi connectivity index (χ3v) is 9.29. The van der Waals surface area contributed by atoms with Gasteiger partial charge < -0.3 is 26.6 Å². The fourth-order valence-corrected chi connectivity index (χ4v) is 7.03. The van der Waals surface area contributed by atoms with Crippen molar-refractivity contribution in [1.82, 2.24) is 35.4 Å². The van der Waals surface area contributed by atoms with Crippen molar-refractivity contribution in [3.63, 3.8) is 0 Å². The Labute approximate surface area is 251 Å². The number of piperazine rings is 1. The maximum atomic E-state index is 14.0. The maximum absolute atomic E-state index is 14.0. The number of anilines is 1. The van der Waals surface area contributed by atoms with Crippen LogP contribution in [0.5, 0.6) is 0 Å². The Morgan fingerprint density at radius 2 is 1.84 bits per heavy atom. The van der Waals surface area contributed by atoms with E-state index >= 15 is 0 Å².